The van der Waals surface area contributed by atoms with Gasteiger partial charge in [-0.05, 0) is 36.1 Å². The first-order valence-electron chi connectivity index (χ1n) is 10.5. The molecule has 1 aliphatic carbocycles. The van der Waals surface area contributed by atoms with Crippen molar-refractivity contribution in [1.82, 2.24) is 30.0 Å². The van der Waals surface area contributed by atoms with E-state index in [1.165, 1.54) is 32.1 Å². The SMILES string of the molecule is CCOC(=O)Cn1nnnc1[C@@H](C(C)C)N1CCN(C2CCCCC2)CC1. The zero-order chi connectivity index (χ0) is 19.2. The zero-order valence-electron chi connectivity index (χ0n) is 17.0. The molecule has 2 aliphatic rings. The van der Waals surface area contributed by atoms with Crippen molar-refractivity contribution < 1.29 is 9.53 Å². The molecule has 1 atom stereocenters. The molecule has 2 heterocycles. The molecule has 27 heavy (non-hydrogen) atoms. The number of aromatic nitrogens is 4. The van der Waals surface area contributed by atoms with Gasteiger partial charge in [0.2, 0.25) is 0 Å². The Kier molecular flexibility index (Phi) is 7.18. The maximum atomic E-state index is 11.9. The fourth-order valence-electron chi connectivity index (χ4n) is 4.57. The first-order valence-corrected chi connectivity index (χ1v) is 10.5. The Morgan fingerprint density at radius 1 is 1.15 bits per heavy atom. The van der Waals surface area contributed by atoms with Crippen molar-refractivity contribution >= 4 is 5.97 Å². The van der Waals surface area contributed by atoms with Gasteiger partial charge in [-0.25, -0.2) is 4.68 Å². The monoisotopic (exact) mass is 378 g/mol. The van der Waals surface area contributed by atoms with Crippen LogP contribution < -0.4 is 0 Å². The molecule has 0 radical (unpaired) electrons. The van der Waals surface area contributed by atoms with E-state index in [9.17, 15) is 4.79 Å². The summed E-state index contributed by atoms with van der Waals surface area (Å²) in [5, 5.41) is 12.2. The second-order valence-electron chi connectivity index (χ2n) is 8.05. The molecule has 0 bridgehead atoms. The van der Waals surface area contributed by atoms with Crippen LogP contribution in [0.2, 0.25) is 0 Å². The van der Waals surface area contributed by atoms with E-state index in [1.807, 2.05) is 0 Å². The molecule has 0 N–H and O–H groups in total. The summed E-state index contributed by atoms with van der Waals surface area (Å²) in [5.41, 5.74) is 0. The van der Waals surface area contributed by atoms with E-state index in [-0.39, 0.29) is 18.6 Å². The summed E-state index contributed by atoms with van der Waals surface area (Å²) >= 11 is 0. The standard InChI is InChI=1S/C19H34N6O2/c1-4-27-17(26)14-25-19(20-21-22-25)18(15(2)3)24-12-10-23(11-13-24)16-8-6-5-7-9-16/h15-16,18H,4-14H2,1-3H3/t18-/m1/s1. The van der Waals surface area contributed by atoms with Crippen LogP contribution in [0.1, 0.15) is 64.7 Å². The number of carbonyl (C=O) groups excluding carboxylic acids is 1. The Labute approximate surface area is 162 Å². The summed E-state index contributed by atoms with van der Waals surface area (Å²) in [4.78, 5) is 17.0. The number of rotatable bonds is 7. The lowest BCUT2D eigenvalue weighted by Gasteiger charge is -2.43. The molecule has 3 rings (SSSR count). The van der Waals surface area contributed by atoms with Crippen molar-refractivity contribution in [3.63, 3.8) is 0 Å². The largest absolute Gasteiger partial charge is 0.465 e. The van der Waals surface area contributed by atoms with Gasteiger partial charge >= 0.3 is 5.97 Å². The van der Waals surface area contributed by atoms with Crippen molar-refractivity contribution in [2.45, 2.75) is 71.5 Å². The fraction of sp³-hybridized carbons (Fsp3) is 0.895. The lowest BCUT2D eigenvalue weighted by atomic mass is 9.93. The van der Waals surface area contributed by atoms with Crippen molar-refractivity contribution in [1.29, 1.82) is 0 Å². The zero-order valence-corrected chi connectivity index (χ0v) is 17.0. The lowest BCUT2D eigenvalue weighted by Crippen LogP contribution is -2.52. The van der Waals surface area contributed by atoms with Gasteiger partial charge < -0.3 is 4.74 Å². The summed E-state index contributed by atoms with van der Waals surface area (Å²) < 4.78 is 6.67. The van der Waals surface area contributed by atoms with Crippen LogP contribution in [0.4, 0.5) is 0 Å². The topological polar surface area (TPSA) is 76.4 Å². The minimum Gasteiger partial charge on any atom is -0.465 e. The first kappa shape index (κ1) is 20.2. The number of nitrogens with zero attached hydrogens (tertiary/aromatic N) is 6. The van der Waals surface area contributed by atoms with Gasteiger partial charge in [-0.1, -0.05) is 33.1 Å². The number of hydrogen-bond acceptors (Lipinski definition) is 7. The maximum absolute atomic E-state index is 11.9. The minimum absolute atomic E-state index is 0.0709. The number of ether oxygens (including phenoxy) is 1. The lowest BCUT2D eigenvalue weighted by molar-refractivity contribution is -0.144. The van der Waals surface area contributed by atoms with Crippen LogP contribution in [0.3, 0.4) is 0 Å². The van der Waals surface area contributed by atoms with E-state index in [0.29, 0.717) is 12.5 Å². The highest BCUT2D eigenvalue weighted by atomic mass is 16.5. The molecule has 152 valence electrons. The van der Waals surface area contributed by atoms with Crippen LogP contribution in [0, 0.1) is 5.92 Å². The Hall–Kier alpha value is -1.54. The number of carbonyl (C=O) groups is 1. The minimum atomic E-state index is -0.296. The summed E-state index contributed by atoms with van der Waals surface area (Å²) in [7, 11) is 0. The smallest absolute Gasteiger partial charge is 0.327 e. The third kappa shape index (κ3) is 5.04. The second-order valence-corrected chi connectivity index (χ2v) is 8.05. The summed E-state index contributed by atoms with van der Waals surface area (Å²) in [5.74, 6) is 0.831. The number of esters is 1. The molecule has 1 saturated carbocycles. The van der Waals surface area contributed by atoms with Crippen LogP contribution in [-0.2, 0) is 16.1 Å². The quantitative estimate of drug-likeness (QED) is 0.671. The third-order valence-corrected chi connectivity index (χ3v) is 5.87. The molecular formula is C19H34N6O2. The van der Waals surface area contributed by atoms with Crippen LogP contribution in [0.25, 0.3) is 0 Å². The number of tetrazole rings is 1. The molecule has 0 unspecified atom stereocenters. The summed E-state index contributed by atoms with van der Waals surface area (Å²) in [6.07, 6.45) is 6.86. The Balaban J connectivity index is 1.65. The molecule has 2 fully saturated rings. The van der Waals surface area contributed by atoms with Crippen molar-refractivity contribution in [2.24, 2.45) is 5.92 Å². The normalized spacial score (nSPS) is 21.5. The van der Waals surface area contributed by atoms with Crippen molar-refractivity contribution in [3.05, 3.63) is 5.82 Å². The van der Waals surface area contributed by atoms with Crippen LogP contribution in [0.5, 0.6) is 0 Å². The molecule has 0 aromatic carbocycles. The third-order valence-electron chi connectivity index (χ3n) is 5.87. The average molecular weight is 379 g/mol. The maximum Gasteiger partial charge on any atom is 0.327 e. The Morgan fingerprint density at radius 3 is 2.48 bits per heavy atom. The van der Waals surface area contributed by atoms with Gasteiger partial charge in [0.05, 0.1) is 12.6 Å². The summed E-state index contributed by atoms with van der Waals surface area (Å²) in [6.45, 7) is 10.9. The fourth-order valence-corrected chi connectivity index (χ4v) is 4.57. The highest BCUT2D eigenvalue weighted by Gasteiger charge is 2.33. The predicted octanol–water partition coefficient (Wildman–Crippen LogP) is 1.88. The van der Waals surface area contributed by atoms with Gasteiger partial charge in [0.25, 0.3) is 0 Å². The Morgan fingerprint density at radius 2 is 1.85 bits per heavy atom. The van der Waals surface area contributed by atoms with E-state index in [1.54, 1.807) is 11.6 Å². The van der Waals surface area contributed by atoms with Crippen LogP contribution in [0.15, 0.2) is 0 Å². The molecule has 1 saturated heterocycles. The average Bonchev–Trinajstić information content (AvgIpc) is 3.10. The molecule has 1 aliphatic heterocycles. The number of piperazine rings is 1. The molecular weight excluding hydrogens is 344 g/mol. The molecule has 8 nitrogen and oxygen atoms in total. The highest BCUT2D eigenvalue weighted by Crippen LogP contribution is 2.30. The van der Waals surface area contributed by atoms with E-state index in [2.05, 4.69) is 39.2 Å². The van der Waals surface area contributed by atoms with E-state index < -0.39 is 0 Å². The van der Waals surface area contributed by atoms with Gasteiger partial charge in [0, 0.05) is 32.2 Å². The molecule has 0 spiro atoms. The molecule has 0 amide bonds. The van der Waals surface area contributed by atoms with E-state index in [0.717, 1.165) is 38.0 Å². The van der Waals surface area contributed by atoms with Crippen LogP contribution >= 0.6 is 0 Å². The van der Waals surface area contributed by atoms with E-state index >= 15 is 0 Å². The molecule has 8 heteroatoms. The van der Waals surface area contributed by atoms with Crippen molar-refractivity contribution in [3.8, 4) is 0 Å². The molecule has 1 aromatic rings. The van der Waals surface area contributed by atoms with E-state index in [4.69, 9.17) is 4.74 Å². The predicted molar refractivity (Wildman–Crippen MR) is 102 cm³/mol. The summed E-state index contributed by atoms with van der Waals surface area (Å²) in [6, 6.07) is 0.885. The molecule has 1 aromatic heterocycles. The van der Waals surface area contributed by atoms with Gasteiger partial charge in [0.1, 0.15) is 6.54 Å². The number of hydrogen-bond donors (Lipinski definition) is 0. The first-order chi connectivity index (χ1) is 13.1. The van der Waals surface area contributed by atoms with Crippen LogP contribution in [-0.4, -0.2) is 74.8 Å². The Bertz CT molecular complexity index is 591. The van der Waals surface area contributed by atoms with Crippen molar-refractivity contribution in [2.75, 3.05) is 32.8 Å². The van der Waals surface area contributed by atoms with Gasteiger partial charge in [0.15, 0.2) is 5.82 Å². The highest BCUT2D eigenvalue weighted by molar-refractivity contribution is 5.69. The second kappa shape index (κ2) is 9.59. The van der Waals surface area contributed by atoms with Gasteiger partial charge in [-0.3, -0.25) is 14.6 Å². The van der Waals surface area contributed by atoms with Gasteiger partial charge in [-0.15, -0.1) is 5.10 Å². The van der Waals surface area contributed by atoms with Gasteiger partial charge in [-0.2, -0.15) is 0 Å².